The Kier molecular flexibility index (Phi) is 5.13. The summed E-state index contributed by atoms with van der Waals surface area (Å²) in [5, 5.41) is 0. The zero-order valence-corrected chi connectivity index (χ0v) is 9.96. The molecule has 0 saturated carbocycles. The minimum absolute atomic E-state index is 0.00715. The molecule has 14 heavy (non-hydrogen) atoms. The number of rotatable bonds is 4. The fourth-order valence-electron chi connectivity index (χ4n) is 0.999. The average molecular weight is 201 g/mol. The van der Waals surface area contributed by atoms with Gasteiger partial charge in [-0.25, -0.2) is 0 Å². The van der Waals surface area contributed by atoms with Gasteiger partial charge in [0.25, 0.3) is 0 Å². The van der Waals surface area contributed by atoms with Crippen LogP contribution in [0.5, 0.6) is 0 Å². The van der Waals surface area contributed by atoms with E-state index in [9.17, 15) is 4.79 Å². The van der Waals surface area contributed by atoms with Gasteiger partial charge in [0, 0.05) is 0 Å². The van der Waals surface area contributed by atoms with Crippen LogP contribution in [0.4, 0.5) is 0 Å². The van der Waals surface area contributed by atoms with E-state index in [1.165, 1.54) is 0 Å². The van der Waals surface area contributed by atoms with Crippen molar-refractivity contribution in [3.05, 3.63) is 0 Å². The number of hydrogen-bond donors (Lipinski definition) is 1. The first-order valence-corrected chi connectivity index (χ1v) is 5.14. The molecule has 0 unspecified atom stereocenters. The van der Waals surface area contributed by atoms with Gasteiger partial charge in [0.2, 0.25) is 0 Å². The van der Waals surface area contributed by atoms with Gasteiger partial charge < -0.3 is 10.5 Å². The smallest absolute Gasteiger partial charge is 0.322 e. The number of carbonyl (C=O) groups is 1. The van der Waals surface area contributed by atoms with Gasteiger partial charge in [-0.2, -0.15) is 0 Å². The Morgan fingerprint density at radius 1 is 1.36 bits per heavy atom. The Hall–Kier alpha value is -0.570. The number of hydrogen-bond acceptors (Lipinski definition) is 3. The van der Waals surface area contributed by atoms with Crippen LogP contribution in [0.3, 0.4) is 0 Å². The Balaban J connectivity index is 3.85. The zero-order valence-electron chi connectivity index (χ0n) is 9.96. The molecule has 0 fully saturated rings. The summed E-state index contributed by atoms with van der Waals surface area (Å²) in [5.74, 6) is 0.140. The second-order valence-corrected chi connectivity index (χ2v) is 5.40. The van der Waals surface area contributed by atoms with Crippen LogP contribution < -0.4 is 5.73 Å². The van der Waals surface area contributed by atoms with Crippen LogP contribution in [0.1, 0.15) is 41.0 Å². The summed E-state index contributed by atoms with van der Waals surface area (Å²) in [6.45, 7) is 10.6. The van der Waals surface area contributed by atoms with Crippen molar-refractivity contribution in [1.29, 1.82) is 0 Å². The fraction of sp³-hybridized carbons (Fsp3) is 0.909. The second-order valence-electron chi connectivity index (χ2n) is 5.40. The molecule has 2 N–H and O–H groups in total. The van der Waals surface area contributed by atoms with Crippen molar-refractivity contribution in [2.75, 3.05) is 6.61 Å². The predicted molar refractivity (Wildman–Crippen MR) is 57.8 cm³/mol. The lowest BCUT2D eigenvalue weighted by atomic mass is 9.98. The molecule has 0 aromatic carbocycles. The van der Waals surface area contributed by atoms with Crippen molar-refractivity contribution in [2.45, 2.75) is 47.1 Å². The van der Waals surface area contributed by atoms with Gasteiger partial charge in [0.15, 0.2) is 0 Å². The van der Waals surface area contributed by atoms with Crippen LogP contribution in [0.2, 0.25) is 0 Å². The molecule has 0 spiro atoms. The summed E-state index contributed by atoms with van der Waals surface area (Å²) in [4.78, 5) is 11.4. The van der Waals surface area contributed by atoms with Crippen molar-refractivity contribution in [3.8, 4) is 0 Å². The topological polar surface area (TPSA) is 52.3 Å². The maximum Gasteiger partial charge on any atom is 0.322 e. The van der Waals surface area contributed by atoms with Gasteiger partial charge in [-0.15, -0.1) is 0 Å². The minimum Gasteiger partial charge on any atom is -0.464 e. The second kappa shape index (κ2) is 5.35. The van der Waals surface area contributed by atoms with Crippen LogP contribution in [0.25, 0.3) is 0 Å². The number of ether oxygens (including phenoxy) is 1. The summed E-state index contributed by atoms with van der Waals surface area (Å²) >= 11 is 0. The fourth-order valence-corrected chi connectivity index (χ4v) is 0.999. The normalized spacial score (nSPS) is 14.2. The molecular weight excluding hydrogens is 178 g/mol. The maximum atomic E-state index is 11.4. The lowest BCUT2D eigenvalue weighted by molar-refractivity contribution is -0.148. The lowest BCUT2D eigenvalue weighted by Crippen LogP contribution is -2.35. The predicted octanol–water partition coefficient (Wildman–Crippen LogP) is 1.95. The van der Waals surface area contributed by atoms with E-state index in [2.05, 4.69) is 0 Å². The molecule has 0 heterocycles. The van der Waals surface area contributed by atoms with Crippen LogP contribution in [-0.4, -0.2) is 18.6 Å². The maximum absolute atomic E-state index is 11.4. The zero-order chi connectivity index (χ0) is 11.4. The van der Waals surface area contributed by atoms with Crippen LogP contribution in [0.15, 0.2) is 0 Å². The highest BCUT2D eigenvalue weighted by Gasteiger charge is 2.19. The third-order valence-electron chi connectivity index (χ3n) is 1.68. The highest BCUT2D eigenvalue weighted by atomic mass is 16.5. The molecule has 3 heteroatoms. The first-order valence-electron chi connectivity index (χ1n) is 5.14. The number of carbonyl (C=O) groups excluding carboxylic acids is 1. The van der Waals surface area contributed by atoms with E-state index in [4.69, 9.17) is 10.5 Å². The van der Waals surface area contributed by atoms with Crippen LogP contribution in [0, 0.1) is 11.3 Å². The Morgan fingerprint density at radius 2 is 1.86 bits per heavy atom. The molecule has 0 bridgehead atoms. The number of esters is 1. The van der Waals surface area contributed by atoms with E-state index in [0.29, 0.717) is 18.9 Å². The van der Waals surface area contributed by atoms with Gasteiger partial charge in [0.1, 0.15) is 6.04 Å². The molecular formula is C11H23NO2. The highest BCUT2D eigenvalue weighted by Crippen LogP contribution is 2.13. The van der Waals surface area contributed by atoms with E-state index in [0.717, 1.165) is 0 Å². The highest BCUT2D eigenvalue weighted by molar-refractivity contribution is 5.75. The van der Waals surface area contributed by atoms with Crippen molar-refractivity contribution in [3.63, 3.8) is 0 Å². The molecule has 0 aliphatic heterocycles. The SMILES string of the molecule is CC(C)C[C@H](N)C(=O)OCC(C)(C)C. The first kappa shape index (κ1) is 13.4. The molecule has 0 radical (unpaired) electrons. The van der Waals surface area contributed by atoms with E-state index in [1.54, 1.807) is 0 Å². The van der Waals surface area contributed by atoms with Gasteiger partial charge in [0.05, 0.1) is 6.61 Å². The molecule has 0 saturated heterocycles. The van der Waals surface area contributed by atoms with Crippen molar-refractivity contribution < 1.29 is 9.53 Å². The van der Waals surface area contributed by atoms with Crippen molar-refractivity contribution in [2.24, 2.45) is 17.1 Å². The largest absolute Gasteiger partial charge is 0.464 e. The molecule has 84 valence electrons. The van der Waals surface area contributed by atoms with E-state index in [1.807, 2.05) is 34.6 Å². The molecule has 0 aliphatic rings. The molecule has 0 aromatic heterocycles. The van der Waals surface area contributed by atoms with Gasteiger partial charge >= 0.3 is 5.97 Å². The molecule has 0 rings (SSSR count). The van der Waals surface area contributed by atoms with Crippen molar-refractivity contribution >= 4 is 5.97 Å². The molecule has 0 amide bonds. The van der Waals surface area contributed by atoms with Crippen molar-refractivity contribution in [1.82, 2.24) is 0 Å². The standard InChI is InChI=1S/C11H23NO2/c1-8(2)6-9(12)10(13)14-7-11(3,4)5/h8-9H,6-7,12H2,1-5H3/t9-/m0/s1. The van der Waals surface area contributed by atoms with Gasteiger partial charge in [-0.05, 0) is 17.8 Å². The third kappa shape index (κ3) is 6.89. The monoisotopic (exact) mass is 201 g/mol. The van der Waals surface area contributed by atoms with Gasteiger partial charge in [-0.1, -0.05) is 34.6 Å². The van der Waals surface area contributed by atoms with E-state index < -0.39 is 6.04 Å². The average Bonchev–Trinajstić information content (AvgIpc) is 1.97. The molecule has 3 nitrogen and oxygen atoms in total. The number of nitrogens with two attached hydrogens (primary N) is 1. The van der Waals surface area contributed by atoms with Gasteiger partial charge in [-0.3, -0.25) is 4.79 Å². The molecule has 0 aromatic rings. The molecule has 0 aliphatic carbocycles. The van der Waals surface area contributed by atoms with Crippen LogP contribution in [-0.2, 0) is 9.53 Å². The Labute approximate surface area is 87.0 Å². The summed E-state index contributed by atoms with van der Waals surface area (Å²) in [6, 6.07) is -0.475. The van der Waals surface area contributed by atoms with E-state index >= 15 is 0 Å². The Bertz CT molecular complexity index is 182. The molecule has 1 atom stereocenters. The van der Waals surface area contributed by atoms with Crippen LogP contribution >= 0.6 is 0 Å². The summed E-state index contributed by atoms with van der Waals surface area (Å²) in [5.41, 5.74) is 5.68. The quantitative estimate of drug-likeness (QED) is 0.707. The Morgan fingerprint density at radius 3 is 2.21 bits per heavy atom. The summed E-state index contributed by atoms with van der Waals surface area (Å²) in [6.07, 6.45) is 0.684. The third-order valence-corrected chi connectivity index (χ3v) is 1.68. The van der Waals surface area contributed by atoms with E-state index in [-0.39, 0.29) is 11.4 Å². The lowest BCUT2D eigenvalue weighted by Gasteiger charge is -2.20. The first-order chi connectivity index (χ1) is 6.22. The summed E-state index contributed by atoms with van der Waals surface area (Å²) in [7, 11) is 0. The minimum atomic E-state index is -0.475. The summed E-state index contributed by atoms with van der Waals surface area (Å²) < 4.78 is 5.11.